The molecule has 156 valence electrons. The van der Waals surface area contributed by atoms with Crippen LogP contribution in [0.25, 0.3) is 28.1 Å². The van der Waals surface area contributed by atoms with Crippen LogP contribution in [-0.4, -0.2) is 38.2 Å². The zero-order chi connectivity index (χ0) is 20.8. The van der Waals surface area contributed by atoms with E-state index in [0.29, 0.717) is 6.04 Å². The van der Waals surface area contributed by atoms with E-state index < -0.39 is 0 Å². The number of rotatable bonds is 3. The second kappa shape index (κ2) is 7.42. The van der Waals surface area contributed by atoms with E-state index in [2.05, 4.69) is 47.6 Å². The van der Waals surface area contributed by atoms with Gasteiger partial charge in [0.15, 0.2) is 11.5 Å². The normalized spacial score (nSPS) is 15.7. The molecule has 0 amide bonds. The highest BCUT2D eigenvalue weighted by atomic mass is 15.3. The van der Waals surface area contributed by atoms with Gasteiger partial charge < -0.3 is 9.47 Å². The molecule has 1 saturated carbocycles. The van der Waals surface area contributed by atoms with Crippen molar-refractivity contribution in [1.82, 2.24) is 24.1 Å². The van der Waals surface area contributed by atoms with Gasteiger partial charge in [0.2, 0.25) is 0 Å². The van der Waals surface area contributed by atoms with Crippen LogP contribution in [0.5, 0.6) is 0 Å². The van der Waals surface area contributed by atoms with Crippen LogP contribution in [0.1, 0.15) is 55.8 Å². The lowest BCUT2D eigenvalue weighted by Gasteiger charge is -2.19. The van der Waals surface area contributed by atoms with Gasteiger partial charge in [0.25, 0.3) is 0 Å². The van der Waals surface area contributed by atoms with E-state index in [1.807, 2.05) is 24.9 Å². The fourth-order valence-corrected chi connectivity index (χ4v) is 4.88. The molecule has 0 radical (unpaired) electrons. The molecule has 0 atom stereocenters. The molecule has 3 heterocycles. The predicted molar refractivity (Wildman–Crippen MR) is 122 cm³/mol. The molecule has 0 unspecified atom stereocenters. The van der Waals surface area contributed by atoms with Crippen LogP contribution in [0.15, 0.2) is 30.6 Å². The van der Waals surface area contributed by atoms with Gasteiger partial charge >= 0.3 is 0 Å². The standard InChI is InChI=1S/C24H30N6/c1-16-17(2)30(20-9-7-5-6-8-10-20)23-21(16)24-26-22(27-29(24)15-25-23)18-11-13-19(14-12-18)28(3)4/h11-15,20H,5-10H2,1-4H3. The number of benzene rings is 1. The Labute approximate surface area is 177 Å². The van der Waals surface area contributed by atoms with Crippen molar-refractivity contribution in [2.75, 3.05) is 19.0 Å². The molecule has 30 heavy (non-hydrogen) atoms. The molecule has 1 aliphatic carbocycles. The average Bonchev–Trinajstić information content (AvgIpc) is 3.15. The first kappa shape index (κ1) is 19.1. The van der Waals surface area contributed by atoms with Crippen molar-refractivity contribution in [1.29, 1.82) is 0 Å². The number of anilines is 1. The molecule has 0 spiro atoms. The van der Waals surface area contributed by atoms with Gasteiger partial charge in [-0.15, -0.1) is 5.10 Å². The van der Waals surface area contributed by atoms with Crippen LogP contribution < -0.4 is 4.90 Å². The van der Waals surface area contributed by atoms with Gasteiger partial charge in [-0.3, -0.25) is 0 Å². The van der Waals surface area contributed by atoms with E-state index in [0.717, 1.165) is 28.1 Å². The largest absolute Gasteiger partial charge is 0.378 e. The molecule has 0 bridgehead atoms. The van der Waals surface area contributed by atoms with Crippen LogP contribution >= 0.6 is 0 Å². The van der Waals surface area contributed by atoms with Gasteiger partial charge in [0, 0.05) is 37.1 Å². The first-order valence-electron chi connectivity index (χ1n) is 11.0. The quantitative estimate of drug-likeness (QED) is 0.435. The van der Waals surface area contributed by atoms with Crippen molar-refractivity contribution in [3.63, 3.8) is 0 Å². The average molecular weight is 403 g/mol. The fraction of sp³-hybridized carbons (Fsp3) is 0.458. The van der Waals surface area contributed by atoms with Crippen LogP contribution in [0.2, 0.25) is 0 Å². The number of hydrogen-bond donors (Lipinski definition) is 0. The molecule has 6 nitrogen and oxygen atoms in total. The van der Waals surface area contributed by atoms with E-state index >= 15 is 0 Å². The van der Waals surface area contributed by atoms with E-state index in [4.69, 9.17) is 15.1 Å². The van der Waals surface area contributed by atoms with Crippen LogP contribution in [0.3, 0.4) is 0 Å². The maximum absolute atomic E-state index is 4.95. The molecule has 1 aliphatic rings. The SMILES string of the molecule is Cc1c(C)n(C2CCCCCC2)c2ncn3nc(-c4ccc(N(C)C)cc4)nc3c12. The van der Waals surface area contributed by atoms with E-state index in [1.54, 1.807) is 0 Å². The van der Waals surface area contributed by atoms with Crippen molar-refractivity contribution in [2.24, 2.45) is 0 Å². The summed E-state index contributed by atoms with van der Waals surface area (Å²) in [5.41, 5.74) is 6.74. The molecular weight excluding hydrogens is 372 g/mol. The van der Waals surface area contributed by atoms with Crippen molar-refractivity contribution in [2.45, 2.75) is 58.4 Å². The molecule has 0 N–H and O–H groups in total. The van der Waals surface area contributed by atoms with Crippen molar-refractivity contribution < 1.29 is 0 Å². The summed E-state index contributed by atoms with van der Waals surface area (Å²) in [5.74, 6) is 0.744. The monoisotopic (exact) mass is 402 g/mol. The third kappa shape index (κ3) is 3.06. The van der Waals surface area contributed by atoms with Crippen LogP contribution in [0.4, 0.5) is 5.69 Å². The van der Waals surface area contributed by atoms with Gasteiger partial charge in [-0.1, -0.05) is 25.7 Å². The lowest BCUT2D eigenvalue weighted by Crippen LogP contribution is -2.10. The van der Waals surface area contributed by atoms with Crippen molar-refractivity contribution in [3.8, 4) is 11.4 Å². The maximum Gasteiger partial charge on any atom is 0.182 e. The third-order valence-electron chi connectivity index (χ3n) is 6.71. The summed E-state index contributed by atoms with van der Waals surface area (Å²) in [6, 6.07) is 8.92. The number of hydrogen-bond acceptors (Lipinski definition) is 4. The summed E-state index contributed by atoms with van der Waals surface area (Å²) in [6.45, 7) is 4.43. The van der Waals surface area contributed by atoms with Crippen molar-refractivity contribution in [3.05, 3.63) is 41.9 Å². The molecule has 5 rings (SSSR count). The number of fused-ring (bicyclic) bond motifs is 3. The van der Waals surface area contributed by atoms with E-state index in [9.17, 15) is 0 Å². The first-order valence-corrected chi connectivity index (χ1v) is 11.0. The Morgan fingerprint density at radius 2 is 1.63 bits per heavy atom. The third-order valence-corrected chi connectivity index (χ3v) is 6.71. The summed E-state index contributed by atoms with van der Waals surface area (Å²) in [4.78, 5) is 11.9. The number of nitrogens with zero attached hydrogens (tertiary/aromatic N) is 6. The Hall–Kier alpha value is -2.89. The minimum atomic E-state index is 0.541. The molecule has 1 aromatic carbocycles. The van der Waals surface area contributed by atoms with Crippen LogP contribution in [-0.2, 0) is 0 Å². The highest BCUT2D eigenvalue weighted by Crippen LogP contribution is 2.35. The molecular formula is C24H30N6. The van der Waals surface area contributed by atoms with E-state index in [1.165, 1.54) is 55.5 Å². The Balaban J connectivity index is 1.64. The Kier molecular flexibility index (Phi) is 4.72. The summed E-state index contributed by atoms with van der Waals surface area (Å²) < 4.78 is 4.32. The zero-order valence-electron chi connectivity index (χ0n) is 18.4. The summed E-state index contributed by atoms with van der Waals surface area (Å²) >= 11 is 0. The molecule has 0 saturated heterocycles. The second-order valence-corrected chi connectivity index (χ2v) is 8.81. The Morgan fingerprint density at radius 1 is 0.933 bits per heavy atom. The molecule has 6 heteroatoms. The smallest absolute Gasteiger partial charge is 0.182 e. The predicted octanol–water partition coefficient (Wildman–Crippen LogP) is 5.32. The minimum absolute atomic E-state index is 0.541. The summed E-state index contributed by atoms with van der Waals surface area (Å²) in [7, 11) is 4.09. The molecule has 0 aliphatic heterocycles. The Morgan fingerprint density at radius 3 is 2.30 bits per heavy atom. The first-order chi connectivity index (χ1) is 14.5. The fourth-order valence-electron chi connectivity index (χ4n) is 4.88. The van der Waals surface area contributed by atoms with Gasteiger partial charge in [-0.05, 0) is 56.5 Å². The van der Waals surface area contributed by atoms with Gasteiger partial charge in [0.1, 0.15) is 12.0 Å². The van der Waals surface area contributed by atoms with Gasteiger partial charge in [-0.2, -0.15) is 0 Å². The minimum Gasteiger partial charge on any atom is -0.378 e. The summed E-state index contributed by atoms with van der Waals surface area (Å²) in [6.07, 6.45) is 9.64. The summed E-state index contributed by atoms with van der Waals surface area (Å²) in [5, 5.41) is 5.88. The molecule has 1 fully saturated rings. The molecule has 4 aromatic rings. The van der Waals surface area contributed by atoms with Crippen molar-refractivity contribution >= 4 is 22.4 Å². The second-order valence-electron chi connectivity index (χ2n) is 8.81. The molecule has 3 aromatic heterocycles. The maximum atomic E-state index is 4.95. The number of aryl methyl sites for hydroxylation is 1. The van der Waals surface area contributed by atoms with Crippen LogP contribution in [0, 0.1) is 13.8 Å². The lowest BCUT2D eigenvalue weighted by atomic mass is 10.1. The zero-order valence-corrected chi connectivity index (χ0v) is 18.4. The lowest BCUT2D eigenvalue weighted by molar-refractivity contribution is 0.446. The highest BCUT2D eigenvalue weighted by Gasteiger charge is 2.23. The highest BCUT2D eigenvalue weighted by molar-refractivity contribution is 5.94. The van der Waals surface area contributed by atoms with E-state index in [-0.39, 0.29) is 0 Å². The number of aromatic nitrogens is 5. The Bertz CT molecular complexity index is 1190. The van der Waals surface area contributed by atoms with Gasteiger partial charge in [-0.25, -0.2) is 14.5 Å². The topological polar surface area (TPSA) is 51.3 Å². The van der Waals surface area contributed by atoms with Gasteiger partial charge in [0.05, 0.1) is 5.39 Å².